The van der Waals surface area contributed by atoms with E-state index in [9.17, 15) is 0 Å². The summed E-state index contributed by atoms with van der Waals surface area (Å²) in [4.78, 5) is 0. The fourth-order valence-corrected chi connectivity index (χ4v) is 3.47. The maximum Gasteiger partial charge on any atom is 0.206 e. The summed E-state index contributed by atoms with van der Waals surface area (Å²) in [5.41, 5.74) is 1.23. The van der Waals surface area contributed by atoms with Crippen LogP contribution in [0.15, 0.2) is 51.4 Å². The molecule has 0 saturated heterocycles. The molecule has 1 N–H and O–H groups in total. The zero-order chi connectivity index (χ0) is 15.9. The molecule has 2 heterocycles. The Morgan fingerprint density at radius 2 is 2.09 bits per heavy atom. The van der Waals surface area contributed by atoms with E-state index in [1.807, 2.05) is 36.4 Å². The van der Waals surface area contributed by atoms with Crippen molar-refractivity contribution in [1.82, 2.24) is 10.2 Å². The van der Waals surface area contributed by atoms with Crippen molar-refractivity contribution in [3.05, 3.63) is 54.0 Å². The highest BCUT2D eigenvalue weighted by molar-refractivity contribution is 8.01. The fraction of sp³-hybridized carbons (Fsp3) is 0.250. The van der Waals surface area contributed by atoms with Gasteiger partial charge in [0.25, 0.3) is 0 Å². The highest BCUT2D eigenvalue weighted by atomic mass is 32.2. The van der Waals surface area contributed by atoms with Crippen molar-refractivity contribution in [2.45, 2.75) is 17.8 Å². The molecule has 0 atom stereocenters. The highest BCUT2D eigenvalue weighted by Gasteiger charge is 2.05. The third-order valence-electron chi connectivity index (χ3n) is 3.00. The van der Waals surface area contributed by atoms with Gasteiger partial charge in [-0.05, 0) is 31.2 Å². The minimum atomic E-state index is 0.614. The number of rotatable bonds is 8. The molecule has 0 spiro atoms. The lowest BCUT2D eigenvalue weighted by molar-refractivity contribution is 0.344. The third-order valence-corrected chi connectivity index (χ3v) is 4.98. The van der Waals surface area contributed by atoms with Gasteiger partial charge in [-0.25, -0.2) is 0 Å². The summed E-state index contributed by atoms with van der Waals surface area (Å²) in [6, 6.07) is 11.9. The number of nitrogens with zero attached hydrogens (tertiary/aromatic N) is 2. The van der Waals surface area contributed by atoms with Crippen molar-refractivity contribution in [2.75, 3.05) is 17.7 Å². The molecule has 5 nitrogen and oxygen atoms in total. The largest absolute Gasteiger partial charge is 0.493 e. The summed E-state index contributed by atoms with van der Waals surface area (Å²) in [5.74, 6) is 2.61. The molecule has 0 fully saturated rings. The summed E-state index contributed by atoms with van der Waals surface area (Å²) in [6.07, 6.45) is 1.66. The quantitative estimate of drug-likeness (QED) is 0.486. The number of hydrogen-bond acceptors (Lipinski definition) is 7. The summed E-state index contributed by atoms with van der Waals surface area (Å²) in [5, 5.41) is 12.3. The summed E-state index contributed by atoms with van der Waals surface area (Å²) >= 11 is 3.18. The van der Waals surface area contributed by atoms with Crippen LogP contribution >= 0.6 is 23.1 Å². The van der Waals surface area contributed by atoms with Crippen molar-refractivity contribution in [3.8, 4) is 5.75 Å². The van der Waals surface area contributed by atoms with Gasteiger partial charge in [-0.15, -0.1) is 10.2 Å². The van der Waals surface area contributed by atoms with Crippen LogP contribution in [0.3, 0.4) is 0 Å². The van der Waals surface area contributed by atoms with E-state index in [0.29, 0.717) is 13.2 Å². The Hall–Kier alpha value is -1.99. The number of hydrogen-bond donors (Lipinski definition) is 1. The first-order valence-electron chi connectivity index (χ1n) is 7.21. The third kappa shape index (κ3) is 5.01. The van der Waals surface area contributed by atoms with Crippen molar-refractivity contribution in [2.24, 2.45) is 0 Å². The molecule has 0 radical (unpaired) electrons. The molecule has 0 aliphatic heterocycles. The van der Waals surface area contributed by atoms with Crippen molar-refractivity contribution >= 4 is 28.2 Å². The normalized spacial score (nSPS) is 10.7. The van der Waals surface area contributed by atoms with Crippen molar-refractivity contribution in [3.63, 3.8) is 0 Å². The lowest BCUT2D eigenvalue weighted by Crippen LogP contribution is -1.99. The van der Waals surface area contributed by atoms with Gasteiger partial charge in [0, 0.05) is 5.75 Å². The molecule has 2 aromatic heterocycles. The summed E-state index contributed by atoms with van der Waals surface area (Å²) < 4.78 is 11.9. The number of aromatic nitrogens is 2. The highest BCUT2D eigenvalue weighted by Crippen LogP contribution is 2.25. The van der Waals surface area contributed by atoms with Crippen LogP contribution in [0.5, 0.6) is 5.75 Å². The smallest absolute Gasteiger partial charge is 0.206 e. The Bertz CT molecular complexity index is 711. The SMILES string of the molecule is Cc1ccc(OCCSc2nnc(NCc3ccco3)s2)cc1. The van der Waals surface area contributed by atoms with Crippen LogP contribution in [0, 0.1) is 6.92 Å². The van der Waals surface area contributed by atoms with E-state index >= 15 is 0 Å². The molecular formula is C16H17N3O2S2. The Kier molecular flexibility index (Phi) is 5.55. The van der Waals surface area contributed by atoms with Crippen LogP contribution in [0.2, 0.25) is 0 Å². The van der Waals surface area contributed by atoms with Gasteiger partial charge >= 0.3 is 0 Å². The van der Waals surface area contributed by atoms with Gasteiger partial charge in [0.15, 0.2) is 4.34 Å². The summed E-state index contributed by atoms with van der Waals surface area (Å²) in [7, 11) is 0. The first-order valence-corrected chi connectivity index (χ1v) is 9.02. The van der Waals surface area contributed by atoms with Gasteiger partial charge in [-0.1, -0.05) is 40.8 Å². The molecule has 7 heteroatoms. The predicted molar refractivity (Wildman–Crippen MR) is 93.3 cm³/mol. The monoisotopic (exact) mass is 347 g/mol. The molecule has 1 aromatic carbocycles. The Labute approximate surface area is 143 Å². The number of benzene rings is 1. The average Bonchev–Trinajstić information content (AvgIpc) is 3.23. The molecule has 0 saturated carbocycles. The Morgan fingerprint density at radius 3 is 2.87 bits per heavy atom. The standard InChI is InChI=1S/C16H17N3O2S2/c1-12-4-6-13(7-5-12)21-9-10-22-16-19-18-15(23-16)17-11-14-3-2-8-20-14/h2-8H,9-11H2,1H3,(H,17,18). The number of furan rings is 1. The van der Waals surface area contributed by atoms with Crippen LogP contribution in [0.25, 0.3) is 0 Å². The van der Waals surface area contributed by atoms with Gasteiger partial charge < -0.3 is 14.5 Å². The molecule has 3 rings (SSSR count). The van der Waals surface area contributed by atoms with Crippen LogP contribution in [-0.4, -0.2) is 22.6 Å². The second kappa shape index (κ2) is 8.03. The topological polar surface area (TPSA) is 60.2 Å². The lowest BCUT2D eigenvalue weighted by Gasteiger charge is -2.04. The molecular weight excluding hydrogens is 330 g/mol. The molecule has 120 valence electrons. The number of thioether (sulfide) groups is 1. The van der Waals surface area contributed by atoms with Gasteiger partial charge in [-0.3, -0.25) is 0 Å². The van der Waals surface area contributed by atoms with E-state index in [0.717, 1.165) is 26.7 Å². The number of anilines is 1. The van der Waals surface area contributed by atoms with E-state index in [1.165, 1.54) is 16.9 Å². The molecule has 0 amide bonds. The van der Waals surface area contributed by atoms with Crippen LogP contribution in [0.4, 0.5) is 5.13 Å². The van der Waals surface area contributed by atoms with Crippen molar-refractivity contribution < 1.29 is 9.15 Å². The first kappa shape index (κ1) is 15.9. The maximum atomic E-state index is 5.69. The minimum Gasteiger partial charge on any atom is -0.493 e. The Balaban J connectivity index is 1.38. The van der Waals surface area contributed by atoms with Crippen molar-refractivity contribution in [1.29, 1.82) is 0 Å². The maximum absolute atomic E-state index is 5.69. The van der Waals surface area contributed by atoms with E-state index in [-0.39, 0.29) is 0 Å². The molecule has 0 unspecified atom stereocenters. The van der Waals surface area contributed by atoms with Gasteiger partial charge in [0.1, 0.15) is 11.5 Å². The first-order chi connectivity index (χ1) is 11.3. The van der Waals surface area contributed by atoms with Crippen LogP contribution in [-0.2, 0) is 6.54 Å². The summed E-state index contributed by atoms with van der Waals surface area (Å²) in [6.45, 7) is 3.32. The van der Waals surface area contributed by atoms with Crippen LogP contribution in [0.1, 0.15) is 11.3 Å². The number of nitrogens with one attached hydrogen (secondary N) is 1. The van der Waals surface area contributed by atoms with E-state index < -0.39 is 0 Å². The van der Waals surface area contributed by atoms with Gasteiger partial charge in [0.2, 0.25) is 5.13 Å². The zero-order valence-electron chi connectivity index (χ0n) is 12.7. The second-order valence-electron chi connectivity index (χ2n) is 4.82. The molecule has 23 heavy (non-hydrogen) atoms. The number of aryl methyl sites for hydroxylation is 1. The predicted octanol–water partition coefficient (Wildman–Crippen LogP) is 4.22. The van der Waals surface area contributed by atoms with E-state index in [2.05, 4.69) is 22.4 Å². The molecule has 3 aromatic rings. The second-order valence-corrected chi connectivity index (χ2v) is 7.14. The van der Waals surface area contributed by atoms with E-state index in [1.54, 1.807) is 18.0 Å². The molecule has 0 bridgehead atoms. The lowest BCUT2D eigenvalue weighted by atomic mass is 10.2. The molecule has 0 aliphatic carbocycles. The van der Waals surface area contributed by atoms with Gasteiger partial charge in [0.05, 0.1) is 19.4 Å². The molecule has 0 aliphatic rings. The van der Waals surface area contributed by atoms with Gasteiger partial charge in [-0.2, -0.15) is 0 Å². The average molecular weight is 347 g/mol. The van der Waals surface area contributed by atoms with E-state index in [4.69, 9.17) is 9.15 Å². The van der Waals surface area contributed by atoms with Crippen LogP contribution < -0.4 is 10.1 Å². The zero-order valence-corrected chi connectivity index (χ0v) is 14.3. The minimum absolute atomic E-state index is 0.614. The fourth-order valence-electron chi connectivity index (χ4n) is 1.84. The Morgan fingerprint density at radius 1 is 1.22 bits per heavy atom. The number of ether oxygens (including phenoxy) is 1.